The van der Waals surface area contributed by atoms with Crippen molar-refractivity contribution < 1.29 is 22.3 Å². The van der Waals surface area contributed by atoms with E-state index >= 15 is 0 Å². The van der Waals surface area contributed by atoms with Crippen LogP contribution in [0.4, 0.5) is 13.2 Å². The Morgan fingerprint density at radius 2 is 1.91 bits per heavy atom. The van der Waals surface area contributed by atoms with Crippen LogP contribution in [0.25, 0.3) is 0 Å². The number of hydrogen-bond acceptors (Lipinski definition) is 3. The zero-order valence-corrected chi connectivity index (χ0v) is 13.9. The van der Waals surface area contributed by atoms with Crippen molar-refractivity contribution in [3.63, 3.8) is 0 Å². The van der Waals surface area contributed by atoms with Crippen molar-refractivity contribution in [1.29, 1.82) is 0 Å². The second kappa shape index (κ2) is 5.70. The Kier molecular flexibility index (Phi) is 4.49. The highest BCUT2D eigenvalue weighted by atomic mass is 32.2. The lowest BCUT2D eigenvalue weighted by molar-refractivity contribution is -0.509. The van der Waals surface area contributed by atoms with Gasteiger partial charge in [-0.1, -0.05) is 0 Å². The normalized spacial score (nSPS) is 25.4. The predicted octanol–water partition coefficient (Wildman–Crippen LogP) is 3.03. The largest absolute Gasteiger partial charge is 0.412 e. The molecule has 1 N–H and O–H groups in total. The fraction of sp³-hybridized carbons (Fsp3) is 0.714. The van der Waals surface area contributed by atoms with Gasteiger partial charge in [-0.25, -0.2) is 8.93 Å². The van der Waals surface area contributed by atoms with Gasteiger partial charge in [0.1, 0.15) is 0 Å². The fourth-order valence-corrected chi connectivity index (χ4v) is 3.31. The zero-order chi connectivity index (χ0) is 17.6. The lowest BCUT2D eigenvalue weighted by atomic mass is 9.90. The summed E-state index contributed by atoms with van der Waals surface area (Å²) < 4.78 is 53.6. The zero-order valence-electron chi connectivity index (χ0n) is 13.1. The Balaban J connectivity index is 2.33. The third-order valence-electron chi connectivity index (χ3n) is 3.91. The molecule has 0 amide bonds. The Hall–Kier alpha value is -1.22. The smallest absolute Gasteiger partial charge is 0.264 e. The van der Waals surface area contributed by atoms with E-state index in [1.165, 1.54) is 6.08 Å². The van der Waals surface area contributed by atoms with E-state index in [1.807, 2.05) is 0 Å². The summed E-state index contributed by atoms with van der Waals surface area (Å²) in [4.78, 5) is 10.3. The monoisotopic (exact) mass is 352 g/mol. The quantitative estimate of drug-likeness (QED) is 0.624. The molecule has 1 unspecified atom stereocenters. The Morgan fingerprint density at radius 1 is 1.35 bits per heavy atom. The minimum absolute atomic E-state index is 0.218. The van der Waals surface area contributed by atoms with Gasteiger partial charge < -0.3 is 0 Å². The van der Waals surface area contributed by atoms with Gasteiger partial charge >= 0.3 is 6.18 Å². The molecule has 2 rings (SSSR count). The van der Waals surface area contributed by atoms with Gasteiger partial charge in [0.15, 0.2) is 0 Å². The maximum atomic E-state index is 13.0. The molecule has 0 aromatic rings. The second-order valence-electron chi connectivity index (χ2n) is 6.91. The fourth-order valence-electron chi connectivity index (χ4n) is 2.32. The summed E-state index contributed by atoms with van der Waals surface area (Å²) in [7, 11) is -1.47. The van der Waals surface area contributed by atoms with Crippen molar-refractivity contribution in [3.05, 3.63) is 33.4 Å². The topological polar surface area (TPSA) is 72.2 Å². The lowest BCUT2D eigenvalue weighted by Gasteiger charge is -2.27. The highest BCUT2D eigenvalue weighted by molar-refractivity contribution is 7.84. The van der Waals surface area contributed by atoms with E-state index in [0.29, 0.717) is 12.8 Å². The second-order valence-corrected chi connectivity index (χ2v) is 8.88. The van der Waals surface area contributed by atoms with E-state index < -0.39 is 50.4 Å². The summed E-state index contributed by atoms with van der Waals surface area (Å²) >= 11 is 0. The van der Waals surface area contributed by atoms with Crippen LogP contribution >= 0.6 is 0 Å². The van der Waals surface area contributed by atoms with E-state index in [-0.39, 0.29) is 5.57 Å². The molecular weight excluding hydrogens is 333 g/mol. The molecule has 5 nitrogen and oxygen atoms in total. The van der Waals surface area contributed by atoms with Gasteiger partial charge in [-0.3, -0.25) is 10.1 Å². The molecule has 2 aliphatic carbocycles. The molecule has 0 aromatic carbocycles. The Labute approximate surface area is 134 Å². The van der Waals surface area contributed by atoms with E-state index in [1.54, 1.807) is 20.8 Å². The van der Waals surface area contributed by atoms with Crippen LogP contribution in [0.15, 0.2) is 23.3 Å². The maximum Gasteiger partial charge on any atom is 0.412 e. The van der Waals surface area contributed by atoms with Crippen LogP contribution in [-0.4, -0.2) is 31.6 Å². The van der Waals surface area contributed by atoms with Gasteiger partial charge in [0.2, 0.25) is 6.04 Å². The van der Waals surface area contributed by atoms with E-state index in [4.69, 9.17) is 0 Å². The minimum atomic E-state index is -4.60. The van der Waals surface area contributed by atoms with Crippen LogP contribution in [-0.2, 0) is 11.0 Å². The molecule has 0 saturated heterocycles. The first kappa shape index (κ1) is 18.1. The predicted molar refractivity (Wildman–Crippen MR) is 80.6 cm³/mol. The molecule has 2 aliphatic rings. The van der Waals surface area contributed by atoms with Crippen molar-refractivity contribution in [1.82, 2.24) is 4.72 Å². The number of halogens is 3. The highest BCUT2D eigenvalue weighted by Crippen LogP contribution is 2.47. The molecule has 0 spiro atoms. The Bertz CT molecular complexity index is 601. The molecule has 0 aromatic heterocycles. The third-order valence-corrected chi connectivity index (χ3v) is 5.60. The first-order valence-electron chi connectivity index (χ1n) is 7.18. The highest BCUT2D eigenvalue weighted by Gasteiger charge is 2.51. The molecule has 2 atom stereocenters. The first-order chi connectivity index (χ1) is 10.3. The number of nitrogens with zero attached hydrogens (tertiary/aromatic N) is 1. The molecule has 23 heavy (non-hydrogen) atoms. The maximum absolute atomic E-state index is 13.0. The summed E-state index contributed by atoms with van der Waals surface area (Å²) in [5, 5.41) is 11.0. The minimum Gasteiger partial charge on any atom is -0.264 e. The Morgan fingerprint density at radius 3 is 2.30 bits per heavy atom. The van der Waals surface area contributed by atoms with E-state index in [0.717, 1.165) is 6.08 Å². The van der Waals surface area contributed by atoms with Gasteiger partial charge in [0, 0.05) is 16.9 Å². The van der Waals surface area contributed by atoms with Gasteiger partial charge in [-0.05, 0) is 51.3 Å². The number of nitro groups is 1. The molecule has 0 heterocycles. The van der Waals surface area contributed by atoms with Crippen molar-refractivity contribution in [2.75, 3.05) is 0 Å². The molecule has 1 fully saturated rings. The summed E-state index contributed by atoms with van der Waals surface area (Å²) in [6.45, 7) is 5.24. The van der Waals surface area contributed by atoms with E-state index in [9.17, 15) is 27.5 Å². The molecular formula is C14H19F3N2O3S. The molecule has 1 saturated carbocycles. The van der Waals surface area contributed by atoms with E-state index in [2.05, 4.69) is 4.72 Å². The van der Waals surface area contributed by atoms with Gasteiger partial charge in [0.25, 0.3) is 0 Å². The SMILES string of the molecule is CC(C)(C)[S@@](=O)NC1(C2=CC([N+](=O)[O-])CC(C(F)(F)F)=C2)CC1. The third kappa shape index (κ3) is 4.00. The van der Waals surface area contributed by atoms with Crippen molar-refractivity contribution >= 4 is 11.0 Å². The molecule has 0 aliphatic heterocycles. The van der Waals surface area contributed by atoms with Crippen molar-refractivity contribution in [2.45, 2.75) is 62.5 Å². The lowest BCUT2D eigenvalue weighted by Crippen LogP contribution is -2.43. The number of hydrogen-bond donors (Lipinski definition) is 1. The van der Waals surface area contributed by atoms with Crippen LogP contribution in [0.3, 0.4) is 0 Å². The van der Waals surface area contributed by atoms with Crippen molar-refractivity contribution in [3.8, 4) is 0 Å². The average Bonchev–Trinajstić information content (AvgIpc) is 3.17. The molecule has 130 valence electrons. The van der Waals surface area contributed by atoms with Gasteiger partial charge in [0.05, 0.1) is 21.3 Å². The van der Waals surface area contributed by atoms with Gasteiger partial charge in [-0.15, -0.1) is 0 Å². The summed E-state index contributed by atoms with van der Waals surface area (Å²) in [5.41, 5.74) is -1.55. The van der Waals surface area contributed by atoms with Crippen LogP contribution in [0.2, 0.25) is 0 Å². The summed E-state index contributed by atoms with van der Waals surface area (Å²) in [5.74, 6) is 0. The summed E-state index contributed by atoms with van der Waals surface area (Å²) in [6, 6.07) is -1.41. The van der Waals surface area contributed by atoms with Crippen LogP contribution in [0.1, 0.15) is 40.0 Å². The van der Waals surface area contributed by atoms with Gasteiger partial charge in [-0.2, -0.15) is 13.2 Å². The van der Waals surface area contributed by atoms with Crippen LogP contribution < -0.4 is 4.72 Å². The average molecular weight is 352 g/mol. The number of rotatable bonds is 4. The summed E-state index contributed by atoms with van der Waals surface area (Å²) in [6.07, 6.45) is -2.03. The molecule has 9 heteroatoms. The van der Waals surface area contributed by atoms with Crippen LogP contribution in [0.5, 0.6) is 0 Å². The number of alkyl halides is 3. The standard InChI is InChI=1S/C14H19F3N2O3S/c1-12(2,3)23(22)18-13(4-5-13)9-6-10(14(15,16)17)8-11(7-9)19(20)21/h6-7,11,18H,4-5,8H2,1-3H3/t11?,23-/m1/s1. The number of nitrogens with one attached hydrogen (secondary N) is 1. The molecule has 0 bridgehead atoms. The molecule has 0 radical (unpaired) electrons. The van der Waals surface area contributed by atoms with Crippen LogP contribution in [0, 0.1) is 10.1 Å². The first-order valence-corrected chi connectivity index (χ1v) is 8.33. The van der Waals surface area contributed by atoms with Crippen molar-refractivity contribution in [2.24, 2.45) is 0 Å².